The number of nitrogens with zero attached hydrogens (tertiary/aromatic N) is 1. The maximum atomic E-state index is 5.54. The topological polar surface area (TPSA) is 33.7 Å². The molecule has 2 heterocycles. The number of benzene rings is 1. The number of nitrogens with one attached hydrogen (secondary N) is 1. The zero-order chi connectivity index (χ0) is 13.4. The minimum absolute atomic E-state index is 0. The lowest BCUT2D eigenvalue weighted by Gasteiger charge is -2.35. The lowest BCUT2D eigenvalue weighted by atomic mass is 9.98. The minimum Gasteiger partial charge on any atom is -0.454 e. The normalized spacial score (nSPS) is 21.6. The van der Waals surface area contributed by atoms with Gasteiger partial charge >= 0.3 is 0 Å². The second-order valence-electron chi connectivity index (χ2n) is 6.09. The van der Waals surface area contributed by atoms with Gasteiger partial charge < -0.3 is 14.8 Å². The minimum atomic E-state index is 0. The molecule has 6 heteroatoms. The van der Waals surface area contributed by atoms with Gasteiger partial charge in [-0.15, -0.1) is 24.8 Å². The van der Waals surface area contributed by atoms with Gasteiger partial charge in [-0.3, -0.25) is 4.90 Å². The molecule has 124 valence electrons. The van der Waals surface area contributed by atoms with Crippen LogP contribution in [0.15, 0.2) is 18.2 Å². The van der Waals surface area contributed by atoms with Crippen molar-refractivity contribution in [3.05, 3.63) is 23.8 Å². The van der Waals surface area contributed by atoms with Crippen molar-refractivity contribution in [2.24, 2.45) is 5.92 Å². The van der Waals surface area contributed by atoms with E-state index in [1.165, 1.54) is 24.8 Å². The summed E-state index contributed by atoms with van der Waals surface area (Å²) in [6.07, 6.45) is 4.11. The zero-order valence-electron chi connectivity index (χ0n) is 12.6. The summed E-state index contributed by atoms with van der Waals surface area (Å²) in [6.45, 7) is 4.86. The van der Waals surface area contributed by atoms with Crippen LogP contribution in [-0.4, -0.2) is 37.9 Å². The molecule has 1 aromatic carbocycles. The number of rotatable bonds is 4. The molecule has 0 spiro atoms. The Kier molecular flexibility index (Phi) is 6.21. The van der Waals surface area contributed by atoms with Crippen molar-refractivity contribution in [3.63, 3.8) is 0 Å². The first-order chi connectivity index (χ1) is 9.90. The van der Waals surface area contributed by atoms with Crippen molar-refractivity contribution < 1.29 is 9.47 Å². The SMILES string of the molecule is Cl.Cl.c1cc2c(cc1[C@@H](CC1CC1)N1CCNCC1)OCO2. The first-order valence-corrected chi connectivity index (χ1v) is 7.74. The molecule has 1 saturated heterocycles. The third kappa shape index (κ3) is 3.80. The van der Waals surface area contributed by atoms with E-state index in [9.17, 15) is 0 Å². The molecule has 2 aliphatic heterocycles. The van der Waals surface area contributed by atoms with E-state index < -0.39 is 0 Å². The van der Waals surface area contributed by atoms with Gasteiger partial charge in [-0.1, -0.05) is 18.9 Å². The monoisotopic (exact) mass is 346 g/mol. The number of ether oxygens (including phenoxy) is 2. The van der Waals surface area contributed by atoms with Gasteiger partial charge in [-0.2, -0.15) is 0 Å². The van der Waals surface area contributed by atoms with Crippen LogP contribution in [-0.2, 0) is 0 Å². The summed E-state index contributed by atoms with van der Waals surface area (Å²) in [5.74, 6) is 2.73. The summed E-state index contributed by atoms with van der Waals surface area (Å²) in [5.41, 5.74) is 1.39. The molecule has 1 aliphatic carbocycles. The Morgan fingerprint density at radius 1 is 1.09 bits per heavy atom. The molecular formula is C16H24Cl2N2O2. The van der Waals surface area contributed by atoms with Gasteiger partial charge in [-0.25, -0.2) is 0 Å². The van der Waals surface area contributed by atoms with Gasteiger partial charge in [0.1, 0.15) is 0 Å². The fourth-order valence-electron chi connectivity index (χ4n) is 3.28. The van der Waals surface area contributed by atoms with E-state index in [-0.39, 0.29) is 24.8 Å². The first-order valence-electron chi connectivity index (χ1n) is 7.74. The third-order valence-electron chi connectivity index (χ3n) is 4.63. The van der Waals surface area contributed by atoms with E-state index in [4.69, 9.17) is 9.47 Å². The van der Waals surface area contributed by atoms with Crippen LogP contribution < -0.4 is 14.8 Å². The lowest BCUT2D eigenvalue weighted by Crippen LogP contribution is -2.45. The van der Waals surface area contributed by atoms with Crippen LogP contribution in [0.5, 0.6) is 11.5 Å². The molecular weight excluding hydrogens is 323 g/mol. The predicted molar refractivity (Wildman–Crippen MR) is 91.6 cm³/mol. The quantitative estimate of drug-likeness (QED) is 0.908. The fourth-order valence-corrected chi connectivity index (χ4v) is 3.28. The highest BCUT2D eigenvalue weighted by Gasteiger charge is 2.31. The predicted octanol–water partition coefficient (Wildman–Crippen LogP) is 3.01. The maximum Gasteiger partial charge on any atom is 0.231 e. The Bertz CT molecular complexity index is 491. The standard InChI is InChI=1S/C16H22N2O2.2ClH/c1-2-12(1)9-14(18-7-5-17-6-8-18)13-3-4-15-16(10-13)20-11-19-15;;/h3-4,10,12,14,17H,1-2,5-9,11H2;2*1H/t14-;;/m1../s1. The summed E-state index contributed by atoms with van der Waals surface area (Å²) in [7, 11) is 0. The smallest absolute Gasteiger partial charge is 0.231 e. The molecule has 0 bridgehead atoms. The molecule has 4 nitrogen and oxygen atoms in total. The van der Waals surface area contributed by atoms with Gasteiger partial charge in [0.15, 0.2) is 11.5 Å². The van der Waals surface area contributed by atoms with Gasteiger partial charge in [0.25, 0.3) is 0 Å². The molecule has 0 radical (unpaired) electrons. The molecule has 4 rings (SSSR count). The molecule has 1 saturated carbocycles. The van der Waals surface area contributed by atoms with E-state index in [0.29, 0.717) is 12.8 Å². The summed E-state index contributed by atoms with van der Waals surface area (Å²) in [5, 5.41) is 3.45. The van der Waals surface area contributed by atoms with Crippen molar-refractivity contribution in [2.45, 2.75) is 25.3 Å². The summed E-state index contributed by atoms with van der Waals surface area (Å²) < 4.78 is 11.0. The highest BCUT2D eigenvalue weighted by atomic mass is 35.5. The molecule has 3 aliphatic rings. The Hall–Kier alpha value is -0.680. The van der Waals surface area contributed by atoms with Crippen molar-refractivity contribution in [1.29, 1.82) is 0 Å². The molecule has 2 fully saturated rings. The molecule has 1 N–H and O–H groups in total. The van der Waals surface area contributed by atoms with Crippen LogP contribution in [0.2, 0.25) is 0 Å². The molecule has 22 heavy (non-hydrogen) atoms. The highest BCUT2D eigenvalue weighted by Crippen LogP contribution is 2.42. The molecule has 0 aromatic heterocycles. The van der Waals surface area contributed by atoms with Crippen LogP contribution in [0.1, 0.15) is 30.9 Å². The van der Waals surface area contributed by atoms with Gasteiger partial charge in [-0.05, 0) is 30.0 Å². The van der Waals surface area contributed by atoms with E-state index >= 15 is 0 Å². The Labute approximate surface area is 144 Å². The Balaban J connectivity index is 0.000000882. The van der Waals surface area contributed by atoms with E-state index in [0.717, 1.165) is 43.6 Å². The van der Waals surface area contributed by atoms with Crippen LogP contribution in [0.3, 0.4) is 0 Å². The second kappa shape index (κ2) is 7.73. The average Bonchev–Trinajstić information content (AvgIpc) is 3.20. The zero-order valence-corrected chi connectivity index (χ0v) is 14.3. The van der Waals surface area contributed by atoms with Gasteiger partial charge in [0.05, 0.1) is 0 Å². The van der Waals surface area contributed by atoms with Crippen LogP contribution in [0.4, 0.5) is 0 Å². The summed E-state index contributed by atoms with van der Waals surface area (Å²) in [4.78, 5) is 2.63. The van der Waals surface area contributed by atoms with E-state index in [1.807, 2.05) is 0 Å². The van der Waals surface area contributed by atoms with Crippen molar-refractivity contribution in [2.75, 3.05) is 33.0 Å². The van der Waals surface area contributed by atoms with Crippen molar-refractivity contribution in [3.8, 4) is 11.5 Å². The summed E-state index contributed by atoms with van der Waals surface area (Å²) in [6, 6.07) is 7.03. The maximum absolute atomic E-state index is 5.54. The van der Waals surface area contributed by atoms with Crippen molar-refractivity contribution in [1.82, 2.24) is 10.2 Å². The molecule has 1 aromatic rings. The number of hydrogen-bond acceptors (Lipinski definition) is 4. The lowest BCUT2D eigenvalue weighted by molar-refractivity contribution is 0.160. The average molecular weight is 347 g/mol. The van der Waals surface area contributed by atoms with E-state index in [2.05, 4.69) is 28.4 Å². The molecule has 0 unspecified atom stereocenters. The first kappa shape index (κ1) is 17.7. The van der Waals surface area contributed by atoms with Gasteiger partial charge in [0.2, 0.25) is 6.79 Å². The van der Waals surface area contributed by atoms with E-state index in [1.54, 1.807) is 0 Å². The molecule has 1 atom stereocenters. The highest BCUT2D eigenvalue weighted by molar-refractivity contribution is 5.85. The third-order valence-corrected chi connectivity index (χ3v) is 4.63. The Morgan fingerprint density at radius 3 is 2.55 bits per heavy atom. The second-order valence-corrected chi connectivity index (χ2v) is 6.09. The Morgan fingerprint density at radius 2 is 1.82 bits per heavy atom. The van der Waals surface area contributed by atoms with Gasteiger partial charge in [0, 0.05) is 32.2 Å². The van der Waals surface area contributed by atoms with Crippen molar-refractivity contribution >= 4 is 24.8 Å². The summed E-state index contributed by atoms with van der Waals surface area (Å²) >= 11 is 0. The number of halogens is 2. The number of hydrogen-bond donors (Lipinski definition) is 1. The fraction of sp³-hybridized carbons (Fsp3) is 0.625. The van der Waals surface area contributed by atoms with Crippen LogP contribution in [0.25, 0.3) is 0 Å². The van der Waals surface area contributed by atoms with Crippen LogP contribution >= 0.6 is 24.8 Å². The molecule has 0 amide bonds. The number of piperazine rings is 1. The van der Waals surface area contributed by atoms with Crippen LogP contribution in [0, 0.1) is 5.92 Å². The largest absolute Gasteiger partial charge is 0.454 e. The number of fused-ring (bicyclic) bond motifs is 1.